The highest BCUT2D eigenvalue weighted by Crippen LogP contribution is 2.43. The van der Waals surface area contributed by atoms with Gasteiger partial charge in [0.1, 0.15) is 0 Å². The molecule has 0 aliphatic heterocycles. The van der Waals surface area contributed by atoms with E-state index >= 15 is 0 Å². The lowest BCUT2D eigenvalue weighted by Gasteiger charge is -2.34. The van der Waals surface area contributed by atoms with Crippen LogP contribution in [-0.4, -0.2) is 21.6 Å². The number of hydrogen-bond donors (Lipinski definition) is 2. The van der Waals surface area contributed by atoms with E-state index in [9.17, 15) is 4.79 Å². The molecule has 90 valence electrons. The monoisotopic (exact) mass is 240 g/mol. The third kappa shape index (κ3) is 4.27. The Kier molecular flexibility index (Phi) is 4.42. The summed E-state index contributed by atoms with van der Waals surface area (Å²) in [5.74, 6) is 0.511. The van der Waals surface area contributed by atoms with Gasteiger partial charge in [-0.25, -0.2) is 10.9 Å². The Morgan fingerprint density at radius 2 is 1.81 bits per heavy atom. The summed E-state index contributed by atoms with van der Waals surface area (Å²) in [6.45, 7) is 6.39. The molecule has 1 unspecified atom stereocenters. The Balaban J connectivity index is 2.75. The average Bonchev–Trinajstić information content (AvgIpc) is 2.16. The first kappa shape index (κ1) is 13.1. The number of carbonyl (C=O) groups is 1. The van der Waals surface area contributed by atoms with Crippen LogP contribution in [0.25, 0.3) is 0 Å². The molecule has 1 rings (SSSR count). The van der Waals surface area contributed by atoms with Gasteiger partial charge in [0.15, 0.2) is 0 Å². The molecule has 0 heterocycles. The predicted octanol–water partition coefficient (Wildman–Crippen LogP) is 3.07. The minimum Gasteiger partial charge on any atom is -0.481 e. The molecule has 0 saturated heterocycles. The molecule has 1 atom stereocenters. The summed E-state index contributed by atoms with van der Waals surface area (Å²) >= 11 is 0. The zero-order chi connectivity index (χ0) is 12.2. The molecule has 0 aliphatic rings. The summed E-state index contributed by atoms with van der Waals surface area (Å²) in [4.78, 5) is 10.9. The molecular formula is C13H20O2S. The Morgan fingerprint density at radius 1 is 1.25 bits per heavy atom. The Morgan fingerprint density at radius 3 is 2.25 bits per heavy atom. The summed E-state index contributed by atoms with van der Waals surface area (Å²) in [5.41, 5.74) is 1.24. The minimum atomic E-state index is -0.683. The van der Waals surface area contributed by atoms with Crippen LogP contribution in [-0.2, 0) is 10.5 Å². The Labute approximate surface area is 100 Å². The van der Waals surface area contributed by atoms with Crippen LogP contribution in [0, 0.1) is 0 Å². The molecular weight excluding hydrogens is 220 g/mol. The van der Waals surface area contributed by atoms with Crippen molar-refractivity contribution in [1.29, 1.82) is 0 Å². The van der Waals surface area contributed by atoms with Gasteiger partial charge in [-0.05, 0) is 10.3 Å². The van der Waals surface area contributed by atoms with Crippen molar-refractivity contribution >= 4 is 16.9 Å². The summed E-state index contributed by atoms with van der Waals surface area (Å²) < 4.78 is 0.0869. The molecule has 16 heavy (non-hydrogen) atoms. The molecule has 0 aliphatic carbocycles. The summed E-state index contributed by atoms with van der Waals surface area (Å²) in [7, 11) is -0.517. The highest BCUT2D eigenvalue weighted by molar-refractivity contribution is 8.18. The van der Waals surface area contributed by atoms with E-state index < -0.39 is 16.9 Å². The maximum Gasteiger partial charge on any atom is 0.311 e. The first-order valence-electron chi connectivity index (χ1n) is 5.40. The summed E-state index contributed by atoms with van der Waals surface area (Å²) in [6, 6.07) is 10.1. The van der Waals surface area contributed by atoms with Crippen molar-refractivity contribution in [2.75, 3.05) is 5.75 Å². The van der Waals surface area contributed by atoms with Crippen LogP contribution in [0.3, 0.4) is 0 Å². The van der Waals surface area contributed by atoms with E-state index in [0.717, 1.165) is 5.75 Å². The van der Waals surface area contributed by atoms with Gasteiger partial charge < -0.3 is 5.11 Å². The summed E-state index contributed by atoms with van der Waals surface area (Å²) in [6.07, 6.45) is 0. The zero-order valence-electron chi connectivity index (χ0n) is 10.1. The lowest BCUT2D eigenvalue weighted by atomic mass is 10.2. The van der Waals surface area contributed by atoms with Crippen LogP contribution < -0.4 is 0 Å². The van der Waals surface area contributed by atoms with Crippen molar-refractivity contribution in [3.63, 3.8) is 0 Å². The Bertz CT molecular complexity index is 341. The number of benzene rings is 1. The minimum absolute atomic E-state index is 0.0869. The molecule has 1 N–H and O–H groups in total. The molecule has 0 spiro atoms. The SMILES string of the molecule is CC(C)(C)[SH](CC(=O)O)Cc1ccccc1. The number of carboxylic acids is 1. The highest BCUT2D eigenvalue weighted by atomic mass is 32.2. The van der Waals surface area contributed by atoms with Crippen molar-refractivity contribution in [1.82, 2.24) is 0 Å². The molecule has 3 heteroatoms. The van der Waals surface area contributed by atoms with Gasteiger partial charge in [-0.2, -0.15) is 0 Å². The smallest absolute Gasteiger partial charge is 0.311 e. The largest absolute Gasteiger partial charge is 0.481 e. The van der Waals surface area contributed by atoms with Crippen molar-refractivity contribution in [2.45, 2.75) is 31.3 Å². The maximum absolute atomic E-state index is 10.9. The van der Waals surface area contributed by atoms with E-state index in [-0.39, 0.29) is 4.75 Å². The number of hydrogen-bond acceptors (Lipinski definition) is 1. The second-order valence-corrected chi connectivity index (χ2v) is 7.96. The van der Waals surface area contributed by atoms with Crippen molar-refractivity contribution in [3.8, 4) is 0 Å². The Hall–Kier alpha value is -0.960. The normalized spacial score (nSPS) is 14.6. The van der Waals surface area contributed by atoms with E-state index in [2.05, 4.69) is 32.9 Å². The lowest BCUT2D eigenvalue weighted by molar-refractivity contribution is -0.133. The van der Waals surface area contributed by atoms with Crippen molar-refractivity contribution in [3.05, 3.63) is 35.9 Å². The van der Waals surface area contributed by atoms with Gasteiger partial charge in [-0.1, -0.05) is 51.1 Å². The van der Waals surface area contributed by atoms with Crippen LogP contribution in [0.1, 0.15) is 26.3 Å². The predicted molar refractivity (Wildman–Crippen MR) is 71.4 cm³/mol. The standard InChI is InChI=1S/C13H20O2S/c1-13(2,3)16(10-12(14)15)9-11-7-5-4-6-8-11/h4-8,16H,9-10H2,1-3H3,(H,14,15). The van der Waals surface area contributed by atoms with Crippen molar-refractivity contribution in [2.24, 2.45) is 0 Å². The third-order valence-electron chi connectivity index (χ3n) is 2.49. The van der Waals surface area contributed by atoms with Crippen LogP contribution in [0.5, 0.6) is 0 Å². The lowest BCUT2D eigenvalue weighted by Crippen LogP contribution is -2.21. The fraction of sp³-hybridized carbons (Fsp3) is 0.462. The number of thiol groups is 1. The molecule has 1 aromatic carbocycles. The molecule has 0 radical (unpaired) electrons. The molecule has 2 nitrogen and oxygen atoms in total. The van der Waals surface area contributed by atoms with Gasteiger partial charge in [0.05, 0.1) is 5.75 Å². The van der Waals surface area contributed by atoms with Crippen LogP contribution in [0.15, 0.2) is 30.3 Å². The van der Waals surface area contributed by atoms with Crippen LogP contribution in [0.4, 0.5) is 0 Å². The van der Waals surface area contributed by atoms with Gasteiger partial charge in [-0.3, -0.25) is 4.79 Å². The molecule has 0 aromatic heterocycles. The number of carboxylic acid groups (broad SMARTS) is 1. The second-order valence-electron chi connectivity index (χ2n) is 4.91. The fourth-order valence-electron chi connectivity index (χ4n) is 1.50. The van der Waals surface area contributed by atoms with E-state index in [4.69, 9.17) is 5.11 Å². The van der Waals surface area contributed by atoms with Gasteiger partial charge in [0.2, 0.25) is 0 Å². The topological polar surface area (TPSA) is 37.3 Å². The van der Waals surface area contributed by atoms with Crippen LogP contribution >= 0.6 is 10.9 Å². The van der Waals surface area contributed by atoms with Crippen LogP contribution in [0.2, 0.25) is 0 Å². The molecule has 0 fully saturated rings. The second kappa shape index (κ2) is 5.39. The van der Waals surface area contributed by atoms with Gasteiger partial charge in [0.25, 0.3) is 0 Å². The van der Waals surface area contributed by atoms with E-state index in [1.807, 2.05) is 18.2 Å². The molecule has 1 aromatic rings. The summed E-state index contributed by atoms with van der Waals surface area (Å²) in [5, 5.41) is 8.94. The first-order chi connectivity index (χ1) is 7.39. The quantitative estimate of drug-likeness (QED) is 0.794. The average molecular weight is 240 g/mol. The third-order valence-corrected chi connectivity index (χ3v) is 5.79. The highest BCUT2D eigenvalue weighted by Gasteiger charge is 2.23. The van der Waals surface area contributed by atoms with Gasteiger partial charge >= 0.3 is 5.97 Å². The van der Waals surface area contributed by atoms with Crippen molar-refractivity contribution < 1.29 is 9.90 Å². The van der Waals surface area contributed by atoms with E-state index in [1.165, 1.54) is 5.56 Å². The molecule has 0 amide bonds. The van der Waals surface area contributed by atoms with E-state index in [1.54, 1.807) is 0 Å². The first-order valence-corrected chi connectivity index (χ1v) is 7.11. The number of rotatable bonds is 4. The van der Waals surface area contributed by atoms with Gasteiger partial charge in [-0.15, -0.1) is 0 Å². The number of aliphatic carboxylic acids is 1. The molecule has 0 saturated carbocycles. The van der Waals surface area contributed by atoms with E-state index in [0.29, 0.717) is 5.75 Å². The van der Waals surface area contributed by atoms with Gasteiger partial charge in [0, 0.05) is 5.75 Å². The zero-order valence-corrected chi connectivity index (χ0v) is 11.0. The molecule has 0 bridgehead atoms. The fourth-order valence-corrected chi connectivity index (χ4v) is 3.54. The maximum atomic E-state index is 10.9.